The van der Waals surface area contributed by atoms with Crippen LogP contribution in [-0.2, 0) is 0 Å². The van der Waals surface area contributed by atoms with Gasteiger partial charge < -0.3 is 5.32 Å². The number of nitrogens with one attached hydrogen (secondary N) is 1. The van der Waals surface area contributed by atoms with E-state index in [1.807, 2.05) is 6.07 Å². The molecule has 5 nitrogen and oxygen atoms in total. The molecule has 0 bridgehead atoms. The molecule has 1 N–H and O–H groups in total. The molecule has 0 saturated heterocycles. The van der Waals surface area contributed by atoms with Gasteiger partial charge in [-0.15, -0.1) is 0 Å². The van der Waals surface area contributed by atoms with E-state index >= 15 is 0 Å². The molecule has 0 heterocycles. The molecule has 0 spiro atoms. The van der Waals surface area contributed by atoms with Crippen LogP contribution in [0.4, 0.5) is 11.4 Å². The van der Waals surface area contributed by atoms with Gasteiger partial charge in [-0.2, -0.15) is 5.26 Å². The third-order valence-corrected chi connectivity index (χ3v) is 3.81. The third kappa shape index (κ3) is 3.02. The summed E-state index contributed by atoms with van der Waals surface area (Å²) in [6, 6.07) is 6.70. The van der Waals surface area contributed by atoms with Crippen molar-refractivity contribution in [3.05, 3.63) is 33.9 Å². The SMILES string of the molecule is CC(Nc1ccc(C#N)cc1[N+](=O)[O-])C1CCCC1. The van der Waals surface area contributed by atoms with Gasteiger partial charge in [0.05, 0.1) is 16.6 Å². The van der Waals surface area contributed by atoms with E-state index in [-0.39, 0.29) is 11.7 Å². The minimum atomic E-state index is -0.440. The molecule has 5 heteroatoms. The van der Waals surface area contributed by atoms with Crippen LogP contribution in [0.3, 0.4) is 0 Å². The standard InChI is InChI=1S/C14H17N3O2/c1-10(12-4-2-3-5-12)16-13-7-6-11(9-15)8-14(13)17(18)19/h6-8,10,12,16H,2-5H2,1H3. The van der Waals surface area contributed by atoms with Crippen molar-refractivity contribution in [1.29, 1.82) is 5.26 Å². The predicted octanol–water partition coefficient (Wildman–Crippen LogP) is 3.46. The summed E-state index contributed by atoms with van der Waals surface area (Å²) >= 11 is 0. The molecule has 1 aliphatic rings. The highest BCUT2D eigenvalue weighted by Gasteiger charge is 2.24. The average molecular weight is 259 g/mol. The van der Waals surface area contributed by atoms with E-state index < -0.39 is 4.92 Å². The lowest BCUT2D eigenvalue weighted by molar-refractivity contribution is -0.384. The molecular formula is C14H17N3O2. The quantitative estimate of drug-likeness (QED) is 0.663. The average Bonchev–Trinajstić information content (AvgIpc) is 2.92. The molecule has 0 aliphatic heterocycles. The molecule has 1 saturated carbocycles. The summed E-state index contributed by atoms with van der Waals surface area (Å²) in [6.07, 6.45) is 4.84. The maximum absolute atomic E-state index is 11.0. The fourth-order valence-electron chi connectivity index (χ4n) is 2.69. The van der Waals surface area contributed by atoms with Crippen molar-refractivity contribution in [2.24, 2.45) is 5.92 Å². The van der Waals surface area contributed by atoms with Crippen molar-refractivity contribution >= 4 is 11.4 Å². The lowest BCUT2D eigenvalue weighted by atomic mass is 9.99. The van der Waals surface area contributed by atoms with Crippen molar-refractivity contribution < 1.29 is 4.92 Å². The van der Waals surface area contributed by atoms with Gasteiger partial charge in [-0.1, -0.05) is 12.8 Å². The number of nitrogens with zero attached hydrogens (tertiary/aromatic N) is 2. The van der Waals surface area contributed by atoms with Crippen molar-refractivity contribution in [2.75, 3.05) is 5.32 Å². The Hall–Kier alpha value is -2.09. The Kier molecular flexibility index (Phi) is 4.00. The summed E-state index contributed by atoms with van der Waals surface area (Å²) in [5.74, 6) is 0.579. The monoisotopic (exact) mass is 259 g/mol. The topological polar surface area (TPSA) is 79.0 Å². The summed E-state index contributed by atoms with van der Waals surface area (Å²) in [5.41, 5.74) is 0.790. The van der Waals surface area contributed by atoms with E-state index in [0.29, 0.717) is 17.2 Å². The Labute approximate surface area is 112 Å². The molecule has 1 aliphatic carbocycles. The van der Waals surface area contributed by atoms with E-state index in [0.717, 1.165) is 0 Å². The van der Waals surface area contributed by atoms with Crippen molar-refractivity contribution in [3.63, 3.8) is 0 Å². The van der Waals surface area contributed by atoms with Crippen LogP contribution in [0, 0.1) is 27.4 Å². The van der Waals surface area contributed by atoms with Crippen LogP contribution in [0.5, 0.6) is 0 Å². The third-order valence-electron chi connectivity index (χ3n) is 3.81. The van der Waals surface area contributed by atoms with E-state index in [9.17, 15) is 10.1 Å². The van der Waals surface area contributed by atoms with Crippen LogP contribution in [0.25, 0.3) is 0 Å². The smallest absolute Gasteiger partial charge is 0.293 e. The maximum atomic E-state index is 11.0. The Morgan fingerprint density at radius 2 is 2.16 bits per heavy atom. The van der Waals surface area contributed by atoms with Crippen LogP contribution >= 0.6 is 0 Å². The summed E-state index contributed by atoms with van der Waals surface area (Å²) < 4.78 is 0. The zero-order chi connectivity index (χ0) is 13.8. The number of nitriles is 1. The molecule has 2 rings (SSSR count). The highest BCUT2D eigenvalue weighted by molar-refractivity contribution is 5.64. The van der Waals surface area contributed by atoms with Crippen LogP contribution < -0.4 is 5.32 Å². The second-order valence-electron chi connectivity index (χ2n) is 5.08. The van der Waals surface area contributed by atoms with Gasteiger partial charge in [-0.3, -0.25) is 10.1 Å². The number of hydrogen-bond donors (Lipinski definition) is 1. The molecule has 1 atom stereocenters. The molecule has 0 amide bonds. The van der Waals surface area contributed by atoms with Gasteiger partial charge in [0, 0.05) is 12.1 Å². The maximum Gasteiger partial charge on any atom is 0.293 e. The molecule has 19 heavy (non-hydrogen) atoms. The Morgan fingerprint density at radius 1 is 1.47 bits per heavy atom. The largest absolute Gasteiger partial charge is 0.377 e. The first-order valence-corrected chi connectivity index (χ1v) is 6.57. The minimum Gasteiger partial charge on any atom is -0.377 e. The van der Waals surface area contributed by atoms with Gasteiger partial charge in [0.1, 0.15) is 5.69 Å². The predicted molar refractivity (Wildman–Crippen MR) is 72.9 cm³/mol. The van der Waals surface area contributed by atoms with Crippen molar-refractivity contribution in [1.82, 2.24) is 0 Å². The van der Waals surface area contributed by atoms with E-state index in [4.69, 9.17) is 5.26 Å². The lowest BCUT2D eigenvalue weighted by Crippen LogP contribution is -2.24. The number of benzene rings is 1. The van der Waals surface area contributed by atoms with E-state index in [2.05, 4.69) is 12.2 Å². The number of rotatable bonds is 4. The fraction of sp³-hybridized carbons (Fsp3) is 0.500. The van der Waals surface area contributed by atoms with Crippen LogP contribution in [0.2, 0.25) is 0 Å². The van der Waals surface area contributed by atoms with Gasteiger partial charge in [0.2, 0.25) is 0 Å². The number of nitro groups is 1. The number of anilines is 1. The first-order valence-electron chi connectivity index (χ1n) is 6.57. The number of nitro benzene ring substituents is 1. The first-order chi connectivity index (χ1) is 9.11. The second-order valence-corrected chi connectivity index (χ2v) is 5.08. The summed E-state index contributed by atoms with van der Waals surface area (Å²) in [4.78, 5) is 10.6. The van der Waals surface area contributed by atoms with Gasteiger partial charge >= 0.3 is 0 Å². The summed E-state index contributed by atoms with van der Waals surface area (Å²) in [6.45, 7) is 2.07. The highest BCUT2D eigenvalue weighted by Crippen LogP contribution is 2.32. The molecule has 1 fully saturated rings. The minimum absolute atomic E-state index is 0.0242. The fourth-order valence-corrected chi connectivity index (χ4v) is 2.69. The van der Waals surface area contributed by atoms with Gasteiger partial charge in [-0.05, 0) is 37.8 Å². The summed E-state index contributed by atoms with van der Waals surface area (Å²) in [5, 5.41) is 23.1. The normalized spacial score (nSPS) is 16.8. The van der Waals surface area contributed by atoms with Crippen molar-refractivity contribution in [3.8, 4) is 6.07 Å². The highest BCUT2D eigenvalue weighted by atomic mass is 16.6. The summed E-state index contributed by atoms with van der Waals surface area (Å²) in [7, 11) is 0. The zero-order valence-corrected chi connectivity index (χ0v) is 10.9. The second kappa shape index (κ2) is 5.70. The number of hydrogen-bond acceptors (Lipinski definition) is 4. The first kappa shape index (κ1) is 13.3. The van der Waals surface area contributed by atoms with Crippen molar-refractivity contribution in [2.45, 2.75) is 38.6 Å². The molecule has 0 aromatic heterocycles. The molecule has 100 valence electrons. The lowest BCUT2D eigenvalue weighted by Gasteiger charge is -2.21. The van der Waals surface area contributed by atoms with Crippen LogP contribution in [0.1, 0.15) is 38.2 Å². The molecule has 0 radical (unpaired) electrons. The van der Waals surface area contributed by atoms with Gasteiger partial charge in [-0.25, -0.2) is 0 Å². The Morgan fingerprint density at radius 3 is 2.74 bits per heavy atom. The van der Waals surface area contributed by atoms with E-state index in [1.165, 1.54) is 31.7 Å². The van der Waals surface area contributed by atoms with Gasteiger partial charge in [0.15, 0.2) is 0 Å². The van der Waals surface area contributed by atoms with E-state index in [1.54, 1.807) is 12.1 Å². The molecular weight excluding hydrogens is 242 g/mol. The zero-order valence-electron chi connectivity index (χ0n) is 10.9. The molecule has 1 aromatic carbocycles. The van der Waals surface area contributed by atoms with Crippen LogP contribution in [0.15, 0.2) is 18.2 Å². The molecule has 1 unspecified atom stereocenters. The molecule has 1 aromatic rings. The Bertz CT molecular complexity index is 516. The van der Waals surface area contributed by atoms with Gasteiger partial charge in [0.25, 0.3) is 5.69 Å². The Balaban J connectivity index is 2.19. The van der Waals surface area contributed by atoms with Crippen LogP contribution in [-0.4, -0.2) is 11.0 Å².